The fourth-order valence-corrected chi connectivity index (χ4v) is 3.38. The normalized spacial score (nSPS) is 18.9. The van der Waals surface area contributed by atoms with E-state index in [-0.39, 0.29) is 31.7 Å². The second kappa shape index (κ2) is 12.2. The maximum Gasteiger partial charge on any atom is 0.326 e. The van der Waals surface area contributed by atoms with Gasteiger partial charge in [0.2, 0.25) is 23.6 Å². The number of aliphatic hydroxyl groups excluding tert-OH is 1. The number of carbonyl (C=O) groups excluding carboxylic acids is 4. The van der Waals surface area contributed by atoms with Crippen molar-refractivity contribution >= 4 is 29.6 Å². The third-order valence-corrected chi connectivity index (χ3v) is 4.99. The van der Waals surface area contributed by atoms with Gasteiger partial charge in [0.15, 0.2) is 0 Å². The van der Waals surface area contributed by atoms with Gasteiger partial charge in [-0.25, -0.2) is 4.79 Å². The van der Waals surface area contributed by atoms with Gasteiger partial charge in [-0.3, -0.25) is 19.2 Å². The van der Waals surface area contributed by atoms with Gasteiger partial charge < -0.3 is 37.2 Å². The van der Waals surface area contributed by atoms with Crippen LogP contribution in [0.3, 0.4) is 0 Å². The number of carboxylic acid groups (broad SMARTS) is 1. The fourth-order valence-electron chi connectivity index (χ4n) is 3.38. The monoisotopic (exact) mass is 443 g/mol. The van der Waals surface area contributed by atoms with Gasteiger partial charge in [-0.05, 0) is 31.6 Å². The largest absolute Gasteiger partial charge is 0.480 e. The Morgan fingerprint density at radius 1 is 1.13 bits per heavy atom. The zero-order valence-electron chi connectivity index (χ0n) is 17.9. The summed E-state index contributed by atoms with van der Waals surface area (Å²) in [7, 11) is 0. The molecule has 8 N–H and O–H groups in total. The molecular weight excluding hydrogens is 410 g/mol. The van der Waals surface area contributed by atoms with Gasteiger partial charge in [0.1, 0.15) is 24.2 Å². The number of nitrogens with one attached hydrogen (secondary N) is 2. The minimum Gasteiger partial charge on any atom is -0.480 e. The lowest BCUT2D eigenvalue weighted by molar-refractivity contribution is -0.143. The Labute approximate surface area is 180 Å². The molecule has 12 nitrogen and oxygen atoms in total. The average molecular weight is 444 g/mol. The van der Waals surface area contributed by atoms with Crippen molar-refractivity contribution in [1.82, 2.24) is 15.5 Å². The highest BCUT2D eigenvalue weighted by Crippen LogP contribution is 2.19. The van der Waals surface area contributed by atoms with Gasteiger partial charge in [-0.1, -0.05) is 13.8 Å². The number of primary amides is 1. The molecule has 1 fully saturated rings. The summed E-state index contributed by atoms with van der Waals surface area (Å²) in [5, 5.41) is 23.3. The summed E-state index contributed by atoms with van der Waals surface area (Å²) in [5.41, 5.74) is 10.7. The molecule has 12 heteroatoms. The second-order valence-corrected chi connectivity index (χ2v) is 8.07. The number of likely N-dealkylation sites (tertiary alicyclic amines) is 1. The van der Waals surface area contributed by atoms with Crippen LogP contribution in [0.1, 0.15) is 46.0 Å². The van der Waals surface area contributed by atoms with Crippen LogP contribution in [0.15, 0.2) is 0 Å². The van der Waals surface area contributed by atoms with E-state index >= 15 is 0 Å². The van der Waals surface area contributed by atoms with Gasteiger partial charge >= 0.3 is 5.97 Å². The molecule has 31 heavy (non-hydrogen) atoms. The SMILES string of the molecule is CC(C)C[C@H](NC(=O)[C@H](CCC(N)=O)NC(=O)[C@@H]1CCCN1C(=O)[C@@H](N)CO)C(=O)O. The van der Waals surface area contributed by atoms with Crippen LogP contribution >= 0.6 is 0 Å². The highest BCUT2D eigenvalue weighted by Gasteiger charge is 2.37. The van der Waals surface area contributed by atoms with Crippen LogP contribution in [0.2, 0.25) is 0 Å². The molecule has 0 aliphatic carbocycles. The number of aliphatic carboxylic acids is 1. The molecule has 4 atom stereocenters. The van der Waals surface area contributed by atoms with E-state index in [0.717, 1.165) is 0 Å². The van der Waals surface area contributed by atoms with Gasteiger partial charge in [-0.15, -0.1) is 0 Å². The third-order valence-electron chi connectivity index (χ3n) is 4.99. The van der Waals surface area contributed by atoms with Crippen LogP contribution in [-0.4, -0.2) is 82.0 Å². The van der Waals surface area contributed by atoms with E-state index in [0.29, 0.717) is 12.8 Å². The van der Waals surface area contributed by atoms with E-state index in [9.17, 15) is 29.1 Å². The van der Waals surface area contributed by atoms with E-state index in [2.05, 4.69) is 10.6 Å². The number of carbonyl (C=O) groups is 5. The molecule has 0 saturated carbocycles. The molecular formula is C19H33N5O7. The van der Waals surface area contributed by atoms with Crippen molar-refractivity contribution in [2.75, 3.05) is 13.2 Å². The van der Waals surface area contributed by atoms with Gasteiger partial charge in [0.25, 0.3) is 0 Å². The lowest BCUT2D eigenvalue weighted by Crippen LogP contribution is -2.57. The highest BCUT2D eigenvalue weighted by molar-refractivity contribution is 5.94. The Balaban J connectivity index is 2.93. The van der Waals surface area contributed by atoms with Crippen molar-refractivity contribution in [2.45, 2.75) is 70.1 Å². The van der Waals surface area contributed by atoms with Crippen LogP contribution in [0, 0.1) is 5.92 Å². The van der Waals surface area contributed by atoms with E-state index in [1.54, 1.807) is 13.8 Å². The van der Waals surface area contributed by atoms with Gasteiger partial charge in [-0.2, -0.15) is 0 Å². The maximum absolute atomic E-state index is 12.8. The predicted molar refractivity (Wildman–Crippen MR) is 109 cm³/mol. The summed E-state index contributed by atoms with van der Waals surface area (Å²) in [5.74, 6) is -3.87. The number of hydrogen-bond acceptors (Lipinski definition) is 7. The quantitative estimate of drug-likeness (QED) is 0.192. The van der Waals surface area contributed by atoms with Crippen molar-refractivity contribution < 1.29 is 34.2 Å². The molecule has 0 aromatic rings. The van der Waals surface area contributed by atoms with Crippen molar-refractivity contribution in [3.05, 3.63) is 0 Å². The number of rotatable bonds is 12. The number of carboxylic acids is 1. The Morgan fingerprint density at radius 3 is 2.29 bits per heavy atom. The lowest BCUT2D eigenvalue weighted by atomic mass is 10.0. The molecule has 0 radical (unpaired) electrons. The highest BCUT2D eigenvalue weighted by atomic mass is 16.4. The van der Waals surface area contributed by atoms with Gasteiger partial charge in [0.05, 0.1) is 6.61 Å². The number of aliphatic hydroxyl groups is 1. The van der Waals surface area contributed by atoms with Crippen LogP contribution in [0.4, 0.5) is 0 Å². The van der Waals surface area contributed by atoms with Crippen LogP contribution in [0.25, 0.3) is 0 Å². The maximum atomic E-state index is 12.8. The number of nitrogens with zero attached hydrogens (tertiary/aromatic N) is 1. The summed E-state index contributed by atoms with van der Waals surface area (Å²) in [6.07, 6.45) is 0.725. The summed E-state index contributed by atoms with van der Waals surface area (Å²) in [6.45, 7) is 3.31. The van der Waals surface area contributed by atoms with E-state index in [1.165, 1.54) is 4.90 Å². The molecule has 1 heterocycles. The van der Waals surface area contributed by atoms with Gasteiger partial charge in [0, 0.05) is 13.0 Å². The third kappa shape index (κ3) is 8.13. The Hall–Kier alpha value is -2.73. The summed E-state index contributed by atoms with van der Waals surface area (Å²) in [4.78, 5) is 61.7. The first kappa shape index (κ1) is 26.3. The van der Waals surface area contributed by atoms with E-state index in [1.807, 2.05) is 0 Å². The zero-order valence-corrected chi connectivity index (χ0v) is 17.9. The number of amides is 4. The number of nitrogens with two attached hydrogens (primary N) is 2. The smallest absolute Gasteiger partial charge is 0.326 e. The standard InChI is InChI=1S/C19H33N5O7/c1-10(2)8-13(19(30)31)23-16(27)12(5-6-15(21)26)22-17(28)14-4-3-7-24(14)18(29)11(20)9-25/h10-14,25H,3-9,20H2,1-2H3,(H2,21,26)(H,22,28)(H,23,27)(H,30,31)/t11-,12-,13-,14-/m0/s1. The molecule has 0 unspecified atom stereocenters. The van der Waals surface area contributed by atoms with Crippen LogP contribution < -0.4 is 22.1 Å². The van der Waals surface area contributed by atoms with Crippen molar-refractivity contribution in [3.8, 4) is 0 Å². The molecule has 0 spiro atoms. The Kier molecular flexibility index (Phi) is 10.4. The Morgan fingerprint density at radius 2 is 1.77 bits per heavy atom. The molecule has 1 rings (SSSR count). The van der Waals surface area contributed by atoms with E-state index in [4.69, 9.17) is 16.6 Å². The molecule has 0 aromatic heterocycles. The molecule has 176 valence electrons. The molecule has 4 amide bonds. The minimum atomic E-state index is -1.22. The second-order valence-electron chi connectivity index (χ2n) is 8.07. The topological polar surface area (TPSA) is 205 Å². The summed E-state index contributed by atoms with van der Waals surface area (Å²) < 4.78 is 0. The van der Waals surface area contributed by atoms with Crippen molar-refractivity contribution in [1.29, 1.82) is 0 Å². The van der Waals surface area contributed by atoms with Crippen molar-refractivity contribution in [3.63, 3.8) is 0 Å². The fraction of sp³-hybridized carbons (Fsp3) is 0.737. The van der Waals surface area contributed by atoms with Crippen LogP contribution in [0.5, 0.6) is 0 Å². The predicted octanol–water partition coefficient (Wildman–Crippen LogP) is -2.34. The molecule has 1 aliphatic heterocycles. The first-order valence-electron chi connectivity index (χ1n) is 10.3. The summed E-state index contributed by atoms with van der Waals surface area (Å²) in [6, 6.07) is -4.42. The average Bonchev–Trinajstić information content (AvgIpc) is 3.18. The lowest BCUT2D eigenvalue weighted by Gasteiger charge is -2.28. The first-order valence-corrected chi connectivity index (χ1v) is 10.3. The minimum absolute atomic E-state index is 0.00569. The first-order chi connectivity index (χ1) is 14.5. The number of hydrogen-bond donors (Lipinski definition) is 6. The Bertz CT molecular complexity index is 685. The summed E-state index contributed by atoms with van der Waals surface area (Å²) >= 11 is 0. The van der Waals surface area contributed by atoms with Crippen LogP contribution in [-0.2, 0) is 24.0 Å². The van der Waals surface area contributed by atoms with E-state index < -0.39 is 60.4 Å². The van der Waals surface area contributed by atoms with Crippen molar-refractivity contribution in [2.24, 2.45) is 17.4 Å². The molecule has 1 aliphatic rings. The molecule has 0 bridgehead atoms. The molecule has 0 aromatic carbocycles. The zero-order chi connectivity index (χ0) is 23.7. The molecule has 1 saturated heterocycles.